The SMILES string of the molecule is COC(=O)COc1c(Br)cc(CCN)cc1OC. The number of hydrogen-bond donors (Lipinski definition) is 1. The van der Waals surface area contributed by atoms with Gasteiger partial charge in [-0.25, -0.2) is 4.79 Å². The van der Waals surface area contributed by atoms with Crippen molar-refractivity contribution < 1.29 is 19.0 Å². The number of carbonyl (C=O) groups excluding carboxylic acids is 1. The Hall–Kier alpha value is -1.27. The molecule has 100 valence electrons. The molecular formula is C12H16BrNO4. The fourth-order valence-electron chi connectivity index (χ4n) is 1.41. The van der Waals surface area contributed by atoms with Gasteiger partial charge in [-0.05, 0) is 46.6 Å². The van der Waals surface area contributed by atoms with Gasteiger partial charge in [-0.15, -0.1) is 0 Å². The van der Waals surface area contributed by atoms with Crippen LogP contribution in [0.5, 0.6) is 11.5 Å². The van der Waals surface area contributed by atoms with E-state index in [1.807, 2.05) is 12.1 Å². The van der Waals surface area contributed by atoms with Gasteiger partial charge in [-0.2, -0.15) is 0 Å². The summed E-state index contributed by atoms with van der Waals surface area (Å²) in [4.78, 5) is 11.0. The topological polar surface area (TPSA) is 70.8 Å². The maximum Gasteiger partial charge on any atom is 0.343 e. The van der Waals surface area contributed by atoms with Crippen molar-refractivity contribution in [2.24, 2.45) is 5.73 Å². The van der Waals surface area contributed by atoms with Crippen LogP contribution < -0.4 is 15.2 Å². The summed E-state index contributed by atoms with van der Waals surface area (Å²) in [6.45, 7) is 0.389. The van der Waals surface area contributed by atoms with Crippen LogP contribution in [0.15, 0.2) is 16.6 Å². The van der Waals surface area contributed by atoms with E-state index in [0.717, 1.165) is 12.0 Å². The van der Waals surface area contributed by atoms with Gasteiger partial charge < -0.3 is 19.9 Å². The molecule has 2 N–H and O–H groups in total. The molecule has 1 rings (SSSR count). The molecule has 0 radical (unpaired) electrons. The first-order valence-electron chi connectivity index (χ1n) is 5.38. The highest BCUT2D eigenvalue weighted by molar-refractivity contribution is 9.10. The molecule has 0 aliphatic carbocycles. The molecule has 0 aliphatic rings. The molecule has 0 atom stereocenters. The van der Waals surface area contributed by atoms with Gasteiger partial charge in [0.05, 0.1) is 18.7 Å². The van der Waals surface area contributed by atoms with Crippen LogP contribution in [0.1, 0.15) is 5.56 Å². The van der Waals surface area contributed by atoms with E-state index in [1.165, 1.54) is 7.11 Å². The molecule has 0 bridgehead atoms. The number of benzene rings is 1. The Bertz CT molecular complexity index is 423. The lowest BCUT2D eigenvalue weighted by molar-refractivity contribution is -0.142. The van der Waals surface area contributed by atoms with Crippen LogP contribution in [-0.4, -0.2) is 33.3 Å². The smallest absolute Gasteiger partial charge is 0.343 e. The molecule has 0 amide bonds. The van der Waals surface area contributed by atoms with Crippen molar-refractivity contribution in [1.82, 2.24) is 0 Å². The van der Waals surface area contributed by atoms with E-state index in [9.17, 15) is 4.79 Å². The van der Waals surface area contributed by atoms with Crippen LogP contribution in [0.2, 0.25) is 0 Å². The number of esters is 1. The first kappa shape index (κ1) is 14.8. The van der Waals surface area contributed by atoms with Crippen molar-refractivity contribution >= 4 is 21.9 Å². The summed E-state index contributed by atoms with van der Waals surface area (Å²) >= 11 is 3.38. The number of carbonyl (C=O) groups is 1. The van der Waals surface area contributed by atoms with Crippen LogP contribution in [0.4, 0.5) is 0 Å². The molecular weight excluding hydrogens is 302 g/mol. The van der Waals surface area contributed by atoms with Gasteiger partial charge in [0.2, 0.25) is 0 Å². The second-order valence-electron chi connectivity index (χ2n) is 3.51. The quantitative estimate of drug-likeness (QED) is 0.805. The molecule has 0 saturated carbocycles. The highest BCUT2D eigenvalue weighted by atomic mass is 79.9. The predicted molar refractivity (Wildman–Crippen MR) is 71.0 cm³/mol. The van der Waals surface area contributed by atoms with E-state index < -0.39 is 5.97 Å². The molecule has 0 aliphatic heterocycles. The summed E-state index contributed by atoms with van der Waals surface area (Å²) in [7, 11) is 2.85. The van der Waals surface area contributed by atoms with Crippen molar-refractivity contribution in [3.8, 4) is 11.5 Å². The van der Waals surface area contributed by atoms with Gasteiger partial charge in [-0.1, -0.05) is 0 Å². The van der Waals surface area contributed by atoms with Crippen molar-refractivity contribution in [1.29, 1.82) is 0 Å². The van der Waals surface area contributed by atoms with Crippen LogP contribution in [-0.2, 0) is 16.0 Å². The Labute approximate surface area is 114 Å². The number of hydrogen-bond acceptors (Lipinski definition) is 5. The summed E-state index contributed by atoms with van der Waals surface area (Å²) in [5.41, 5.74) is 6.54. The fraction of sp³-hybridized carbons (Fsp3) is 0.417. The van der Waals surface area contributed by atoms with Crippen molar-refractivity contribution in [3.05, 3.63) is 22.2 Å². The predicted octanol–water partition coefficient (Wildman–Crippen LogP) is 1.51. The number of nitrogens with two attached hydrogens (primary N) is 1. The third-order valence-corrected chi connectivity index (χ3v) is 2.87. The number of methoxy groups -OCH3 is 2. The molecule has 1 aromatic rings. The summed E-state index contributed by atoms with van der Waals surface area (Å²) in [6.07, 6.45) is 0.742. The molecule has 1 aromatic carbocycles. The molecule has 0 saturated heterocycles. The molecule has 18 heavy (non-hydrogen) atoms. The third-order valence-electron chi connectivity index (χ3n) is 2.28. The standard InChI is InChI=1S/C12H16BrNO4/c1-16-10-6-8(3-4-14)5-9(13)12(10)18-7-11(15)17-2/h5-6H,3-4,7,14H2,1-2H3. The average Bonchev–Trinajstić information content (AvgIpc) is 2.36. The Morgan fingerprint density at radius 3 is 2.67 bits per heavy atom. The van der Waals surface area contributed by atoms with E-state index in [2.05, 4.69) is 20.7 Å². The minimum Gasteiger partial charge on any atom is -0.493 e. The molecule has 0 spiro atoms. The fourth-order valence-corrected chi connectivity index (χ4v) is 2.02. The second-order valence-corrected chi connectivity index (χ2v) is 4.37. The lowest BCUT2D eigenvalue weighted by atomic mass is 10.1. The molecule has 0 fully saturated rings. The molecule has 5 nitrogen and oxygen atoms in total. The first-order valence-corrected chi connectivity index (χ1v) is 6.17. The van der Waals surface area contributed by atoms with Gasteiger partial charge in [0.15, 0.2) is 18.1 Å². The van der Waals surface area contributed by atoms with E-state index in [4.69, 9.17) is 15.2 Å². The van der Waals surface area contributed by atoms with Crippen LogP contribution in [0.3, 0.4) is 0 Å². The van der Waals surface area contributed by atoms with Gasteiger partial charge in [0.1, 0.15) is 0 Å². The Morgan fingerprint density at radius 2 is 2.11 bits per heavy atom. The summed E-state index contributed by atoms with van der Waals surface area (Å²) in [5, 5.41) is 0. The van der Waals surface area contributed by atoms with Gasteiger partial charge in [-0.3, -0.25) is 0 Å². The number of rotatable bonds is 6. The van der Waals surface area contributed by atoms with E-state index in [-0.39, 0.29) is 6.61 Å². The Kier molecular flexibility index (Phi) is 5.94. The van der Waals surface area contributed by atoms with Crippen molar-refractivity contribution in [2.75, 3.05) is 27.4 Å². The van der Waals surface area contributed by atoms with E-state index in [1.54, 1.807) is 7.11 Å². The lowest BCUT2D eigenvalue weighted by Crippen LogP contribution is -2.13. The third kappa shape index (κ3) is 3.89. The summed E-state index contributed by atoms with van der Waals surface area (Å²) in [5.74, 6) is 0.579. The maximum absolute atomic E-state index is 11.0. The minimum absolute atomic E-state index is 0.165. The number of halogens is 1. The van der Waals surface area contributed by atoms with Crippen LogP contribution in [0.25, 0.3) is 0 Å². The van der Waals surface area contributed by atoms with Crippen molar-refractivity contribution in [3.63, 3.8) is 0 Å². The van der Waals surface area contributed by atoms with Gasteiger partial charge >= 0.3 is 5.97 Å². The molecule has 0 aromatic heterocycles. The minimum atomic E-state index is -0.449. The van der Waals surface area contributed by atoms with Crippen LogP contribution in [0, 0.1) is 0 Å². The molecule has 6 heteroatoms. The monoisotopic (exact) mass is 317 g/mol. The molecule has 0 heterocycles. The largest absolute Gasteiger partial charge is 0.493 e. The van der Waals surface area contributed by atoms with E-state index in [0.29, 0.717) is 22.5 Å². The van der Waals surface area contributed by atoms with E-state index >= 15 is 0 Å². The Balaban J connectivity index is 2.92. The second kappa shape index (κ2) is 7.23. The van der Waals surface area contributed by atoms with Crippen LogP contribution >= 0.6 is 15.9 Å². The zero-order valence-corrected chi connectivity index (χ0v) is 12.0. The zero-order chi connectivity index (χ0) is 13.5. The molecule has 0 unspecified atom stereocenters. The maximum atomic E-state index is 11.0. The van der Waals surface area contributed by atoms with Gasteiger partial charge in [0, 0.05) is 0 Å². The Morgan fingerprint density at radius 1 is 1.39 bits per heavy atom. The average molecular weight is 318 g/mol. The highest BCUT2D eigenvalue weighted by Crippen LogP contribution is 2.36. The normalized spacial score (nSPS) is 10.0. The zero-order valence-electron chi connectivity index (χ0n) is 10.4. The van der Waals surface area contributed by atoms with Gasteiger partial charge in [0.25, 0.3) is 0 Å². The first-order chi connectivity index (χ1) is 8.62. The van der Waals surface area contributed by atoms with Crippen molar-refractivity contribution in [2.45, 2.75) is 6.42 Å². The lowest BCUT2D eigenvalue weighted by Gasteiger charge is -2.13. The summed E-state index contributed by atoms with van der Waals surface area (Å²) in [6, 6.07) is 3.73. The number of ether oxygens (including phenoxy) is 3. The highest BCUT2D eigenvalue weighted by Gasteiger charge is 2.13. The summed E-state index contributed by atoms with van der Waals surface area (Å²) < 4.78 is 15.8.